The van der Waals surface area contributed by atoms with Crippen molar-refractivity contribution < 1.29 is 14.7 Å². The van der Waals surface area contributed by atoms with Gasteiger partial charge in [-0.2, -0.15) is 4.73 Å². The maximum atomic E-state index is 13.1. The van der Waals surface area contributed by atoms with Crippen molar-refractivity contribution in [1.29, 1.82) is 0 Å². The van der Waals surface area contributed by atoms with Gasteiger partial charge in [-0.3, -0.25) is 4.79 Å². The molecule has 3 rings (SSSR count). The molecule has 7 heteroatoms. The lowest BCUT2D eigenvalue weighted by Crippen LogP contribution is -2.16. The first-order valence-electron chi connectivity index (χ1n) is 4.98. The van der Waals surface area contributed by atoms with Crippen molar-refractivity contribution in [2.45, 2.75) is 0 Å². The Morgan fingerprint density at radius 2 is 2.00 bits per heavy atom. The molecule has 90 valence electrons. The first kappa shape index (κ1) is 10.5. The van der Waals surface area contributed by atoms with Gasteiger partial charge in [0.25, 0.3) is 11.4 Å². The highest BCUT2D eigenvalue weighted by Crippen LogP contribution is 2.29. The van der Waals surface area contributed by atoms with Gasteiger partial charge >= 0.3 is 0 Å². The summed E-state index contributed by atoms with van der Waals surface area (Å²) in [6, 6.07) is 4.99. The maximum Gasteiger partial charge on any atom is 0.298 e. The van der Waals surface area contributed by atoms with E-state index in [0.717, 1.165) is 6.07 Å². The Bertz CT molecular complexity index is 800. The molecule has 0 spiro atoms. The molecular formula is C11H6FN3O3. The summed E-state index contributed by atoms with van der Waals surface area (Å²) in [4.78, 5) is 11.5. The van der Waals surface area contributed by atoms with Gasteiger partial charge in [-0.15, -0.1) is 10.2 Å². The van der Waals surface area contributed by atoms with Crippen molar-refractivity contribution in [3.63, 3.8) is 0 Å². The van der Waals surface area contributed by atoms with Crippen molar-refractivity contribution in [2.75, 3.05) is 0 Å². The number of aromatic nitrogens is 3. The topological polar surface area (TPSA) is 88.2 Å². The molecule has 2 aliphatic heterocycles. The number of fused-ring (bicyclic) bond motifs is 2. The number of rotatable bonds is 0. The zero-order valence-corrected chi connectivity index (χ0v) is 8.83. The number of pyridine rings is 1. The van der Waals surface area contributed by atoms with Crippen LogP contribution in [-0.4, -0.2) is 25.2 Å². The van der Waals surface area contributed by atoms with Crippen molar-refractivity contribution in [1.82, 2.24) is 14.9 Å². The molecule has 6 nitrogen and oxygen atoms in total. The van der Waals surface area contributed by atoms with E-state index in [-0.39, 0.29) is 16.8 Å². The predicted molar refractivity (Wildman–Crippen MR) is 59.2 cm³/mol. The average molecular weight is 247 g/mol. The second kappa shape index (κ2) is 3.39. The van der Waals surface area contributed by atoms with Gasteiger partial charge in [-0.1, -0.05) is 0 Å². The maximum absolute atomic E-state index is 13.1. The molecule has 0 aromatic heterocycles. The quantitative estimate of drug-likeness (QED) is 0.456. The minimum absolute atomic E-state index is 0.0388. The van der Waals surface area contributed by atoms with Crippen LogP contribution < -0.4 is 5.56 Å². The average Bonchev–Trinajstić information content (AvgIpc) is 2.33. The fraction of sp³-hybridized carbons (Fsp3) is 0. The summed E-state index contributed by atoms with van der Waals surface area (Å²) in [5.74, 6) is -1.07. The summed E-state index contributed by atoms with van der Waals surface area (Å²) in [6.45, 7) is 0. The molecule has 1 aromatic rings. The number of benzene rings is 1. The highest BCUT2D eigenvalue weighted by atomic mass is 19.1. The van der Waals surface area contributed by atoms with Gasteiger partial charge < -0.3 is 10.3 Å². The Labute approximate surface area is 98.9 Å². The lowest BCUT2D eigenvalue weighted by molar-refractivity contribution is 0.199. The number of halogens is 1. The monoisotopic (exact) mass is 247 g/mol. The summed E-state index contributed by atoms with van der Waals surface area (Å²) in [6.07, 6.45) is 0. The van der Waals surface area contributed by atoms with Gasteiger partial charge in [0, 0.05) is 5.39 Å². The smallest absolute Gasteiger partial charge is 0.298 e. The molecule has 0 unspecified atom stereocenters. The Balaban J connectivity index is 2.60. The van der Waals surface area contributed by atoms with Crippen LogP contribution in [0.3, 0.4) is 0 Å². The van der Waals surface area contributed by atoms with E-state index < -0.39 is 17.3 Å². The summed E-state index contributed by atoms with van der Waals surface area (Å²) in [5.41, 5.74) is -0.666. The van der Waals surface area contributed by atoms with E-state index in [1.807, 2.05) is 0 Å². The van der Waals surface area contributed by atoms with E-state index >= 15 is 0 Å². The fourth-order valence-electron chi connectivity index (χ4n) is 1.86. The lowest BCUT2D eigenvalue weighted by Gasteiger charge is -2.12. The fourth-order valence-corrected chi connectivity index (χ4v) is 1.86. The summed E-state index contributed by atoms with van der Waals surface area (Å²) < 4.78 is 13.7. The molecular weight excluding hydrogens is 241 g/mol. The molecule has 1 aromatic carbocycles. The van der Waals surface area contributed by atoms with E-state index in [9.17, 15) is 19.5 Å². The Hall–Kier alpha value is -2.70. The van der Waals surface area contributed by atoms with Gasteiger partial charge in [0.2, 0.25) is 0 Å². The normalized spacial score (nSPS) is 11.2. The van der Waals surface area contributed by atoms with Crippen LogP contribution in [0.4, 0.5) is 4.39 Å². The van der Waals surface area contributed by atoms with Gasteiger partial charge in [-0.05, 0) is 24.3 Å². The lowest BCUT2D eigenvalue weighted by atomic mass is 10.1. The minimum atomic E-state index is -0.711. The standard InChI is InChI=1S/C11H6FN3O3/c12-6-1-2-8-5(3-6)4-7-9(15(8)18)11(17)14-13-10(7)16/h1-4,17-18H. The summed E-state index contributed by atoms with van der Waals surface area (Å²) >= 11 is 0. The Morgan fingerprint density at radius 1 is 1.22 bits per heavy atom. The largest absolute Gasteiger partial charge is 0.491 e. The molecule has 2 N–H and O–H groups in total. The van der Waals surface area contributed by atoms with Gasteiger partial charge in [0.1, 0.15) is 5.82 Å². The predicted octanol–water partition coefficient (Wildman–Crippen LogP) is 0.978. The van der Waals surface area contributed by atoms with E-state index in [0.29, 0.717) is 10.1 Å². The number of nitrogens with zero attached hydrogens (tertiary/aromatic N) is 3. The van der Waals surface area contributed by atoms with Crippen molar-refractivity contribution in [3.8, 4) is 17.1 Å². The van der Waals surface area contributed by atoms with E-state index in [1.54, 1.807) is 0 Å². The van der Waals surface area contributed by atoms with Crippen LogP contribution in [0, 0.1) is 5.82 Å². The van der Waals surface area contributed by atoms with E-state index in [1.165, 1.54) is 18.2 Å². The molecule has 0 saturated heterocycles. The summed E-state index contributed by atoms with van der Waals surface area (Å²) in [5, 5.41) is 26.2. The van der Waals surface area contributed by atoms with Crippen LogP contribution in [-0.2, 0) is 0 Å². The molecule has 0 atom stereocenters. The minimum Gasteiger partial charge on any atom is -0.491 e. The Morgan fingerprint density at radius 3 is 2.78 bits per heavy atom. The van der Waals surface area contributed by atoms with Crippen LogP contribution in [0.25, 0.3) is 22.2 Å². The van der Waals surface area contributed by atoms with Crippen LogP contribution in [0.15, 0.2) is 29.1 Å². The first-order valence-corrected chi connectivity index (χ1v) is 4.98. The molecule has 0 amide bonds. The third-order valence-corrected chi connectivity index (χ3v) is 2.66. The molecule has 2 aliphatic rings. The molecule has 0 fully saturated rings. The van der Waals surface area contributed by atoms with Crippen molar-refractivity contribution >= 4 is 10.9 Å². The number of aromatic hydroxyl groups is 1. The molecule has 18 heavy (non-hydrogen) atoms. The van der Waals surface area contributed by atoms with E-state index in [4.69, 9.17) is 0 Å². The SMILES string of the molecule is O=c1nnc(O)c2n(O)c3ccc(F)cc3cc1-2. The van der Waals surface area contributed by atoms with Crippen LogP contribution in [0.2, 0.25) is 0 Å². The zero-order chi connectivity index (χ0) is 12.9. The number of hydrogen-bond donors (Lipinski definition) is 2. The second-order valence-electron chi connectivity index (χ2n) is 3.75. The third-order valence-electron chi connectivity index (χ3n) is 2.66. The van der Waals surface area contributed by atoms with E-state index in [2.05, 4.69) is 10.2 Å². The van der Waals surface area contributed by atoms with Gasteiger partial charge in [0.05, 0.1) is 11.1 Å². The number of hydrogen-bond acceptors (Lipinski definition) is 5. The van der Waals surface area contributed by atoms with Gasteiger partial charge in [-0.25, -0.2) is 4.39 Å². The molecule has 0 saturated carbocycles. The first-order chi connectivity index (χ1) is 8.58. The molecule has 0 aliphatic carbocycles. The molecule has 0 radical (unpaired) electrons. The van der Waals surface area contributed by atoms with Crippen LogP contribution >= 0.6 is 0 Å². The zero-order valence-electron chi connectivity index (χ0n) is 8.83. The van der Waals surface area contributed by atoms with Crippen molar-refractivity contribution in [2.24, 2.45) is 0 Å². The van der Waals surface area contributed by atoms with Crippen LogP contribution in [0.1, 0.15) is 0 Å². The van der Waals surface area contributed by atoms with Crippen LogP contribution in [0.5, 0.6) is 5.88 Å². The Kier molecular flexibility index (Phi) is 1.97. The molecule has 0 bridgehead atoms. The highest BCUT2D eigenvalue weighted by molar-refractivity contribution is 5.86. The highest BCUT2D eigenvalue weighted by Gasteiger charge is 2.20. The van der Waals surface area contributed by atoms with Gasteiger partial charge in [0.15, 0.2) is 5.69 Å². The second-order valence-corrected chi connectivity index (χ2v) is 3.75. The summed E-state index contributed by atoms with van der Waals surface area (Å²) in [7, 11) is 0. The third kappa shape index (κ3) is 1.30. The van der Waals surface area contributed by atoms with Crippen molar-refractivity contribution in [3.05, 3.63) is 40.4 Å². The molecule has 2 heterocycles.